The molecule has 0 aromatic heterocycles. The molecule has 0 fully saturated rings. The molecule has 0 radical (unpaired) electrons. The summed E-state index contributed by atoms with van der Waals surface area (Å²) in [6.07, 6.45) is 1.60. The topological polar surface area (TPSA) is 110 Å². The third kappa shape index (κ3) is 5.91. The second kappa shape index (κ2) is 9.30. The number of hydrogen-bond donors (Lipinski definition) is 1. The summed E-state index contributed by atoms with van der Waals surface area (Å²) < 4.78 is 27.7. The Kier molecular flexibility index (Phi) is 6.74. The van der Waals surface area contributed by atoms with Gasteiger partial charge >= 0.3 is 0 Å². The molecule has 0 unspecified atom stereocenters. The first kappa shape index (κ1) is 22.5. The lowest BCUT2D eigenvalue weighted by molar-refractivity contribution is -0.116. The Morgan fingerprint density at radius 1 is 1.06 bits per heavy atom. The Balaban J connectivity index is 1.48. The summed E-state index contributed by atoms with van der Waals surface area (Å²) in [5.41, 5.74) is 2.22. The first-order valence-corrected chi connectivity index (χ1v) is 11.9. The lowest BCUT2D eigenvalue weighted by atomic mass is 10.1. The van der Waals surface area contributed by atoms with Crippen LogP contribution >= 0.6 is 0 Å². The minimum Gasteiger partial charge on any atom is -0.492 e. The van der Waals surface area contributed by atoms with E-state index in [0.717, 1.165) is 11.8 Å². The molecule has 0 spiro atoms. The number of carbonyl (C=O) groups excluding carboxylic acids is 3. The van der Waals surface area contributed by atoms with Gasteiger partial charge in [-0.2, -0.15) is 0 Å². The van der Waals surface area contributed by atoms with Gasteiger partial charge in [-0.25, -0.2) is 8.42 Å². The Labute approximate surface area is 181 Å². The van der Waals surface area contributed by atoms with Crippen molar-refractivity contribution in [3.63, 3.8) is 0 Å². The number of aryl methyl sites for hydroxylation is 1. The number of nitrogens with one attached hydrogen (secondary N) is 1. The Morgan fingerprint density at radius 2 is 1.81 bits per heavy atom. The van der Waals surface area contributed by atoms with Crippen LogP contribution in [0.15, 0.2) is 42.5 Å². The van der Waals surface area contributed by atoms with Crippen molar-refractivity contribution in [2.75, 3.05) is 30.5 Å². The van der Waals surface area contributed by atoms with Gasteiger partial charge in [-0.05, 0) is 37.6 Å². The zero-order valence-electron chi connectivity index (χ0n) is 17.4. The summed E-state index contributed by atoms with van der Waals surface area (Å²) in [6.45, 7) is 2.04. The summed E-state index contributed by atoms with van der Waals surface area (Å²) in [6, 6.07) is 11.8. The van der Waals surface area contributed by atoms with Crippen LogP contribution in [0.5, 0.6) is 5.75 Å². The Bertz CT molecular complexity index is 1130. The summed E-state index contributed by atoms with van der Waals surface area (Å²) in [5, 5.41) is 2.74. The molecule has 0 atom stereocenters. The van der Waals surface area contributed by atoms with Crippen molar-refractivity contribution in [2.45, 2.75) is 19.8 Å². The molecule has 0 saturated heterocycles. The normalized spacial score (nSPS) is 13.3. The average molecular weight is 445 g/mol. The molecule has 9 heteroatoms. The van der Waals surface area contributed by atoms with E-state index in [0.29, 0.717) is 29.0 Å². The molecule has 2 aromatic carbocycles. The van der Waals surface area contributed by atoms with Gasteiger partial charge in [0.05, 0.1) is 16.9 Å². The van der Waals surface area contributed by atoms with E-state index in [1.54, 1.807) is 42.5 Å². The van der Waals surface area contributed by atoms with E-state index in [4.69, 9.17) is 4.74 Å². The number of anilines is 1. The lowest BCUT2D eigenvalue weighted by Crippen LogP contribution is -2.31. The van der Waals surface area contributed by atoms with Gasteiger partial charge in [0.25, 0.3) is 11.8 Å². The Morgan fingerprint density at radius 3 is 2.55 bits per heavy atom. The number of hydrogen-bond acceptors (Lipinski definition) is 6. The van der Waals surface area contributed by atoms with E-state index >= 15 is 0 Å². The molecule has 3 amide bonds. The van der Waals surface area contributed by atoms with Crippen molar-refractivity contribution in [1.82, 2.24) is 4.90 Å². The fourth-order valence-corrected chi connectivity index (χ4v) is 3.59. The van der Waals surface area contributed by atoms with E-state index in [9.17, 15) is 22.8 Å². The predicted molar refractivity (Wildman–Crippen MR) is 116 cm³/mol. The molecule has 1 aliphatic heterocycles. The molecular formula is C22H24N2O6S. The van der Waals surface area contributed by atoms with E-state index in [-0.39, 0.29) is 43.0 Å². The maximum absolute atomic E-state index is 12.5. The number of amides is 3. The zero-order valence-corrected chi connectivity index (χ0v) is 18.2. The maximum Gasteiger partial charge on any atom is 0.261 e. The minimum absolute atomic E-state index is 0.0238. The van der Waals surface area contributed by atoms with Gasteiger partial charge in [-0.3, -0.25) is 19.3 Å². The van der Waals surface area contributed by atoms with Crippen LogP contribution in [0.2, 0.25) is 0 Å². The van der Waals surface area contributed by atoms with Crippen molar-refractivity contribution in [3.05, 3.63) is 59.2 Å². The molecule has 1 heterocycles. The fourth-order valence-electron chi connectivity index (χ4n) is 3.20. The van der Waals surface area contributed by atoms with Crippen molar-refractivity contribution in [1.29, 1.82) is 0 Å². The molecule has 31 heavy (non-hydrogen) atoms. The smallest absolute Gasteiger partial charge is 0.261 e. The lowest BCUT2D eigenvalue weighted by Gasteiger charge is -2.13. The Hall–Kier alpha value is -3.20. The van der Waals surface area contributed by atoms with Gasteiger partial charge in [0, 0.05) is 31.0 Å². The summed E-state index contributed by atoms with van der Waals surface area (Å²) in [4.78, 5) is 38.3. The standard InChI is InChI=1S/C22H24N2O6S/c1-15-8-9-18-19(13-15)22(27)24(21(18)26)10-4-7-20(25)23-16-5-3-6-17(14-16)30-11-12-31(2,28)29/h3,5-6,8-9,13-14H,4,7,10-12H2,1-2H3,(H,23,25). The van der Waals surface area contributed by atoms with Crippen LogP contribution in [-0.2, 0) is 14.6 Å². The molecule has 1 N–H and O–H groups in total. The van der Waals surface area contributed by atoms with Gasteiger partial charge in [0.1, 0.15) is 12.4 Å². The van der Waals surface area contributed by atoms with Crippen LogP contribution in [0.25, 0.3) is 0 Å². The van der Waals surface area contributed by atoms with Crippen molar-refractivity contribution in [3.8, 4) is 5.75 Å². The molecule has 0 aliphatic carbocycles. The third-order valence-electron chi connectivity index (χ3n) is 4.75. The van der Waals surface area contributed by atoms with Gasteiger partial charge in [-0.15, -0.1) is 0 Å². The van der Waals surface area contributed by atoms with E-state index < -0.39 is 9.84 Å². The number of benzene rings is 2. The molecule has 164 valence electrons. The van der Waals surface area contributed by atoms with Crippen LogP contribution < -0.4 is 10.1 Å². The largest absolute Gasteiger partial charge is 0.492 e. The van der Waals surface area contributed by atoms with Crippen molar-refractivity contribution < 1.29 is 27.5 Å². The second-order valence-corrected chi connectivity index (χ2v) is 9.73. The number of fused-ring (bicyclic) bond motifs is 1. The summed E-state index contributed by atoms with van der Waals surface area (Å²) >= 11 is 0. The molecule has 3 rings (SSSR count). The third-order valence-corrected chi connectivity index (χ3v) is 5.66. The van der Waals surface area contributed by atoms with Gasteiger partial charge in [0.15, 0.2) is 9.84 Å². The number of ether oxygens (including phenoxy) is 1. The fraction of sp³-hybridized carbons (Fsp3) is 0.318. The highest BCUT2D eigenvalue weighted by molar-refractivity contribution is 7.90. The van der Waals surface area contributed by atoms with Crippen LogP contribution in [-0.4, -0.2) is 56.2 Å². The number of carbonyl (C=O) groups is 3. The average Bonchev–Trinajstić information content (AvgIpc) is 2.91. The van der Waals surface area contributed by atoms with E-state index in [1.807, 2.05) is 6.92 Å². The van der Waals surface area contributed by atoms with Crippen LogP contribution in [0.3, 0.4) is 0 Å². The first-order valence-electron chi connectivity index (χ1n) is 9.81. The second-order valence-electron chi connectivity index (χ2n) is 7.47. The molecule has 0 saturated carbocycles. The monoisotopic (exact) mass is 444 g/mol. The van der Waals surface area contributed by atoms with Crippen molar-refractivity contribution >= 4 is 33.2 Å². The van der Waals surface area contributed by atoms with E-state index in [1.165, 1.54) is 4.90 Å². The first-order chi connectivity index (χ1) is 14.6. The van der Waals surface area contributed by atoms with Crippen LogP contribution in [0.4, 0.5) is 5.69 Å². The number of sulfone groups is 1. The summed E-state index contributed by atoms with van der Waals surface area (Å²) in [5.74, 6) is -0.577. The highest BCUT2D eigenvalue weighted by atomic mass is 32.2. The van der Waals surface area contributed by atoms with Gasteiger partial charge < -0.3 is 10.1 Å². The zero-order chi connectivity index (χ0) is 22.6. The predicted octanol–water partition coefficient (Wildman–Crippen LogP) is 2.43. The maximum atomic E-state index is 12.5. The van der Waals surface area contributed by atoms with Crippen molar-refractivity contribution in [2.24, 2.45) is 0 Å². The number of nitrogens with zero attached hydrogens (tertiary/aromatic N) is 1. The van der Waals surface area contributed by atoms with Crippen LogP contribution in [0.1, 0.15) is 39.1 Å². The summed E-state index contributed by atoms with van der Waals surface area (Å²) in [7, 11) is -3.11. The molecule has 0 bridgehead atoms. The van der Waals surface area contributed by atoms with Gasteiger partial charge in [0.2, 0.25) is 5.91 Å². The SMILES string of the molecule is Cc1ccc2c(c1)C(=O)N(CCCC(=O)Nc1cccc(OCCS(C)(=O)=O)c1)C2=O. The molecular weight excluding hydrogens is 420 g/mol. The van der Waals surface area contributed by atoms with E-state index in [2.05, 4.69) is 5.32 Å². The minimum atomic E-state index is -3.11. The number of imide groups is 1. The van der Waals surface area contributed by atoms with Gasteiger partial charge in [-0.1, -0.05) is 17.7 Å². The molecule has 8 nitrogen and oxygen atoms in total. The highest BCUT2D eigenvalue weighted by Gasteiger charge is 2.34. The molecule has 2 aromatic rings. The number of rotatable bonds is 9. The highest BCUT2D eigenvalue weighted by Crippen LogP contribution is 2.24. The quantitative estimate of drug-likeness (QED) is 0.595. The van der Waals surface area contributed by atoms with Crippen LogP contribution in [0, 0.1) is 6.92 Å². The molecule has 1 aliphatic rings.